The van der Waals surface area contributed by atoms with Gasteiger partial charge in [-0.3, -0.25) is 28.5 Å². The summed E-state index contributed by atoms with van der Waals surface area (Å²) in [6.07, 6.45) is 5.45. The van der Waals surface area contributed by atoms with Gasteiger partial charge in [-0.25, -0.2) is 14.2 Å². The molecule has 5 amide bonds. The van der Waals surface area contributed by atoms with Crippen LogP contribution in [0.5, 0.6) is 0 Å². The molecule has 2 aromatic rings. The highest BCUT2D eigenvalue weighted by molar-refractivity contribution is 7.55. The highest BCUT2D eigenvalue weighted by Gasteiger charge is 2.34. The van der Waals surface area contributed by atoms with E-state index in [-0.39, 0.29) is 56.6 Å². The Labute approximate surface area is 301 Å². The molecule has 0 saturated carbocycles. The first kappa shape index (κ1) is 43.8. The number of rotatable bonds is 25. The predicted molar refractivity (Wildman–Crippen MR) is 185 cm³/mol. The number of phosphoric acid groups is 1. The molecule has 288 valence electrons. The number of unbranched alkanes of at least 4 members (excludes halogenated alkanes) is 2. The maximum absolute atomic E-state index is 13.5. The van der Waals surface area contributed by atoms with Crippen molar-refractivity contribution in [2.24, 2.45) is 17.6 Å². The van der Waals surface area contributed by atoms with Crippen LogP contribution in [0.25, 0.3) is 0 Å². The number of nitrogens with two attached hydrogens (primary N) is 1. The third-order valence-corrected chi connectivity index (χ3v) is 9.22. The minimum absolute atomic E-state index is 0.153. The molecule has 0 aliphatic carbocycles. The van der Waals surface area contributed by atoms with E-state index in [1.165, 1.54) is 0 Å². The predicted octanol–water partition coefficient (Wildman–Crippen LogP) is 2.65. The van der Waals surface area contributed by atoms with Crippen LogP contribution in [-0.2, 0) is 50.2 Å². The van der Waals surface area contributed by atoms with Gasteiger partial charge >= 0.3 is 28.2 Å². The van der Waals surface area contributed by atoms with Crippen molar-refractivity contribution in [3.63, 3.8) is 0 Å². The van der Waals surface area contributed by atoms with Gasteiger partial charge in [0.05, 0.1) is 18.8 Å². The number of aryl methyl sites for hydroxylation is 1. The summed E-state index contributed by atoms with van der Waals surface area (Å²) in [6.45, 7) is 3.59. The molecule has 2 unspecified atom stereocenters. The van der Waals surface area contributed by atoms with Crippen molar-refractivity contribution in [3.05, 3.63) is 42.2 Å². The summed E-state index contributed by atoms with van der Waals surface area (Å²) < 4.78 is 36.9. The number of ether oxygens (including phenoxy) is 1. The summed E-state index contributed by atoms with van der Waals surface area (Å²) in [5.74, 6) is -2.00. The number of urea groups is 1. The number of alkyl carbamates (subject to hydrolysis) is 1. The molecule has 0 fully saturated rings. The number of nitrogens with one attached hydrogen (secondary N) is 4. The highest BCUT2D eigenvalue weighted by Crippen LogP contribution is 2.50. The zero-order valence-electron chi connectivity index (χ0n) is 29.0. The Kier molecular flexibility index (Phi) is 19.6. The molecule has 52 heavy (non-hydrogen) atoms. The Balaban J connectivity index is 1.89. The smallest absolute Gasteiger partial charge is 0.445 e. The van der Waals surface area contributed by atoms with Crippen LogP contribution in [-0.4, -0.2) is 80.2 Å². The van der Waals surface area contributed by atoms with Crippen molar-refractivity contribution in [2.75, 3.05) is 25.0 Å². The van der Waals surface area contributed by atoms with Crippen molar-refractivity contribution in [1.82, 2.24) is 30.9 Å². The molecule has 0 aliphatic rings. The van der Waals surface area contributed by atoms with Gasteiger partial charge < -0.3 is 31.7 Å². The number of carbonyl (C=O) groups excluding carboxylic acids is 5. The fraction of sp³-hybridized carbons (Fsp3) is 0.567. The molecule has 0 saturated heterocycles. The van der Waals surface area contributed by atoms with Crippen LogP contribution < -0.4 is 27.0 Å². The number of aromatic nitrogens is 3. The lowest BCUT2D eigenvalue weighted by atomic mass is 9.89. The second-order valence-electron chi connectivity index (χ2n) is 11.9. The Morgan fingerprint density at radius 3 is 2.40 bits per heavy atom. The van der Waals surface area contributed by atoms with Crippen LogP contribution in [0.4, 0.5) is 15.3 Å². The molecule has 20 nitrogen and oxygen atoms in total. The first-order valence-electron chi connectivity index (χ1n) is 16.5. The van der Waals surface area contributed by atoms with Crippen molar-refractivity contribution in [2.45, 2.75) is 78.0 Å². The summed E-state index contributed by atoms with van der Waals surface area (Å²) in [5.41, 5.74) is 6.11. The average Bonchev–Trinajstić information content (AvgIpc) is 3.59. The Hall–Kier alpha value is -4.32. The molecule has 22 heteroatoms. The molecule has 4 atom stereocenters. The van der Waals surface area contributed by atoms with E-state index in [1.54, 1.807) is 41.3 Å². The van der Waals surface area contributed by atoms with Gasteiger partial charge in [0.1, 0.15) is 6.61 Å². The van der Waals surface area contributed by atoms with Crippen molar-refractivity contribution in [1.29, 1.82) is 0 Å². The van der Waals surface area contributed by atoms with Crippen LogP contribution in [0.2, 0.25) is 0 Å². The van der Waals surface area contributed by atoms with Crippen LogP contribution in [0, 0.1) is 11.8 Å². The topological polar surface area (TPSA) is 292 Å². The second-order valence-corrected chi connectivity index (χ2v) is 14.2. The van der Waals surface area contributed by atoms with Crippen LogP contribution in [0.15, 0.2) is 36.7 Å². The maximum Gasteiger partial charge on any atom is 0.705 e. The molecule has 0 spiro atoms. The first-order valence-corrected chi connectivity index (χ1v) is 19.1. The quantitative estimate of drug-likeness (QED) is 0.0564. The van der Waals surface area contributed by atoms with Gasteiger partial charge in [0.15, 0.2) is 5.78 Å². The number of benzene rings is 1. The third kappa shape index (κ3) is 18.8. The molecule has 1 aromatic carbocycles. The number of ketones is 1. The number of amides is 5. The van der Waals surface area contributed by atoms with E-state index in [0.717, 1.165) is 12.8 Å². The van der Waals surface area contributed by atoms with E-state index in [9.17, 15) is 38.0 Å². The lowest BCUT2D eigenvalue weighted by Crippen LogP contribution is -2.45. The largest absolute Gasteiger partial charge is 0.705 e. The summed E-state index contributed by atoms with van der Waals surface area (Å²) in [4.78, 5) is 80.3. The second kappa shape index (κ2) is 23.3. The standard InChI is InChI=1S/C30H46N8O12P2/c1-21(2)27(36-26(40)8-4-3-5-16-38-17-14-34-37-38)25(39)19-23(7-6-13-32-29(31)42)28(41)35-24-11-9-22(10-12-24)20-48-30(43)33-15-18-49-52(46,47)50-51(44)45/h9-12,14,17,21,23,27H,3-8,13,15-16,18-20H2,1-2H3,(H7-,31,32,33,35,36,40,41,42,43,44,45,46,47)/p+1/t23-,27+/m0/s1. The first-order chi connectivity index (χ1) is 24.6. The molecule has 1 heterocycles. The Bertz CT molecular complexity index is 1510. The SMILES string of the molecule is CC(C)[C@@H](NC(=O)CCCCCn1ccnn1)C(=O)C[C@H](CCCNC(N)=O)C(=O)Nc1ccc(COC(=O)NCCOP(=O)(O)O[P+](=O)O)cc1. The number of hydrogen-bond acceptors (Lipinski definition) is 12. The lowest BCUT2D eigenvalue weighted by molar-refractivity contribution is -0.131. The molecule has 8 N–H and O–H groups in total. The third-order valence-electron chi connectivity index (χ3n) is 7.33. The van der Waals surface area contributed by atoms with E-state index >= 15 is 0 Å². The van der Waals surface area contributed by atoms with Crippen LogP contribution in [0.3, 0.4) is 0 Å². The summed E-state index contributed by atoms with van der Waals surface area (Å²) in [5, 5.41) is 18.0. The number of phosphoric ester groups is 1. The maximum atomic E-state index is 13.5. The highest BCUT2D eigenvalue weighted by atomic mass is 31.2. The normalized spacial score (nSPS) is 13.7. The number of carbonyl (C=O) groups is 5. The van der Waals surface area contributed by atoms with Gasteiger partial charge in [0, 0.05) is 54.8 Å². The van der Waals surface area contributed by atoms with Crippen molar-refractivity contribution < 1.29 is 56.5 Å². The monoisotopic (exact) mass is 773 g/mol. The number of Topliss-reactive ketones (excluding diaryl/α,β-unsaturated/α-hetero) is 1. The van der Waals surface area contributed by atoms with Gasteiger partial charge in [0.2, 0.25) is 11.8 Å². The Morgan fingerprint density at radius 2 is 1.77 bits per heavy atom. The number of nitrogens with zero attached hydrogens (tertiary/aromatic N) is 3. The van der Waals surface area contributed by atoms with E-state index < -0.39 is 52.7 Å². The molecular formula is C30H47N8O12P2+. The summed E-state index contributed by atoms with van der Waals surface area (Å²) >= 11 is 0. The minimum Gasteiger partial charge on any atom is -0.445 e. The summed E-state index contributed by atoms with van der Waals surface area (Å²) in [6, 6.07) is 4.83. The van der Waals surface area contributed by atoms with E-state index in [0.29, 0.717) is 30.6 Å². The molecule has 0 aliphatic heterocycles. The molecule has 1 aromatic heterocycles. The lowest BCUT2D eigenvalue weighted by Gasteiger charge is -2.24. The van der Waals surface area contributed by atoms with Crippen molar-refractivity contribution >= 4 is 51.5 Å². The number of anilines is 1. The van der Waals surface area contributed by atoms with Gasteiger partial charge in [-0.05, 0) is 53.6 Å². The molecule has 2 rings (SSSR count). The summed E-state index contributed by atoms with van der Waals surface area (Å²) in [7, 11) is -8.10. The number of primary amides is 1. The minimum atomic E-state index is -4.75. The van der Waals surface area contributed by atoms with Gasteiger partial charge in [-0.2, -0.15) is 0 Å². The number of hydrogen-bond donors (Lipinski definition) is 7. The van der Waals surface area contributed by atoms with Crippen molar-refractivity contribution in [3.8, 4) is 0 Å². The molecule has 0 radical (unpaired) electrons. The molecular weight excluding hydrogens is 726 g/mol. The van der Waals surface area contributed by atoms with Gasteiger partial charge in [-0.15, -0.1) is 9.99 Å². The zero-order chi connectivity index (χ0) is 38.5. The van der Waals surface area contributed by atoms with Gasteiger partial charge in [0.25, 0.3) is 0 Å². The average molecular weight is 774 g/mol. The van der Waals surface area contributed by atoms with E-state index in [1.807, 2.05) is 13.8 Å². The van der Waals surface area contributed by atoms with E-state index in [2.05, 4.69) is 40.4 Å². The van der Waals surface area contributed by atoms with E-state index in [4.69, 9.17) is 15.4 Å². The Morgan fingerprint density at radius 1 is 1.04 bits per heavy atom. The van der Waals surface area contributed by atoms with Gasteiger partial charge in [-0.1, -0.05) is 37.6 Å². The molecule has 0 bridgehead atoms. The fourth-order valence-electron chi connectivity index (χ4n) is 4.76. The fourth-order valence-corrected chi connectivity index (χ4v) is 5.98. The van der Waals surface area contributed by atoms with Crippen LogP contribution in [0.1, 0.15) is 64.4 Å². The van der Waals surface area contributed by atoms with Crippen LogP contribution >= 0.6 is 16.1 Å². The zero-order valence-corrected chi connectivity index (χ0v) is 30.8.